The second kappa shape index (κ2) is 10.1. The number of halogens is 1. The largest absolute Gasteiger partial charge is 0.352 e. The molecule has 0 aliphatic carbocycles. The number of carbonyl (C=O) groups is 1. The summed E-state index contributed by atoms with van der Waals surface area (Å²) in [5.74, 6) is -0.426. The van der Waals surface area contributed by atoms with E-state index < -0.39 is 0 Å². The topological polar surface area (TPSA) is 62.2 Å². The van der Waals surface area contributed by atoms with Crippen molar-refractivity contribution in [2.45, 2.75) is 18.5 Å². The van der Waals surface area contributed by atoms with E-state index in [0.29, 0.717) is 17.3 Å². The van der Waals surface area contributed by atoms with Gasteiger partial charge in [-0.15, -0.1) is 0 Å². The summed E-state index contributed by atoms with van der Waals surface area (Å²) in [6.07, 6.45) is 3.82. The maximum absolute atomic E-state index is 14.7. The van der Waals surface area contributed by atoms with E-state index in [-0.39, 0.29) is 30.2 Å². The normalized spacial score (nSPS) is 17.3. The molecule has 3 heterocycles. The van der Waals surface area contributed by atoms with Crippen LogP contribution in [-0.2, 0) is 4.79 Å². The quantitative estimate of drug-likeness (QED) is 0.360. The molecule has 1 fully saturated rings. The number of para-hydroxylation sites is 2. The molecule has 2 aromatic heterocycles. The number of pyridine rings is 1. The molecule has 2 atom stereocenters. The lowest BCUT2D eigenvalue weighted by Crippen LogP contribution is -2.33. The number of rotatable bonds is 7. The maximum Gasteiger partial charge on any atom is 0.226 e. The maximum atomic E-state index is 14.7. The molecule has 6 nitrogen and oxygen atoms in total. The van der Waals surface area contributed by atoms with E-state index in [1.165, 1.54) is 6.07 Å². The number of amides is 1. The first-order chi connectivity index (χ1) is 17.1. The molecule has 2 unspecified atom stereocenters. The average molecular weight is 486 g/mol. The number of benzene rings is 2. The van der Waals surface area contributed by atoms with Crippen molar-refractivity contribution in [1.29, 1.82) is 0 Å². The lowest BCUT2D eigenvalue weighted by atomic mass is 10.0. The number of aromatic nitrogens is 2. The van der Waals surface area contributed by atoms with Gasteiger partial charge in [-0.05, 0) is 60.7 Å². The summed E-state index contributed by atoms with van der Waals surface area (Å²) in [4.78, 5) is 19.2. The van der Waals surface area contributed by atoms with Gasteiger partial charge in [0.1, 0.15) is 5.82 Å². The van der Waals surface area contributed by atoms with Crippen LogP contribution in [0.1, 0.15) is 29.9 Å². The van der Waals surface area contributed by atoms with Crippen molar-refractivity contribution in [2.24, 2.45) is 0 Å². The van der Waals surface area contributed by atoms with Crippen LogP contribution in [0.4, 0.5) is 10.1 Å². The highest BCUT2D eigenvalue weighted by molar-refractivity contribution is 7.80. The van der Waals surface area contributed by atoms with Crippen LogP contribution in [0.25, 0.3) is 5.69 Å². The first-order valence-electron chi connectivity index (χ1n) is 11.4. The van der Waals surface area contributed by atoms with Crippen molar-refractivity contribution < 1.29 is 9.18 Å². The predicted octanol–water partition coefficient (Wildman–Crippen LogP) is 5.01. The van der Waals surface area contributed by atoms with Crippen molar-refractivity contribution in [1.82, 2.24) is 19.8 Å². The Morgan fingerprint density at radius 3 is 2.54 bits per heavy atom. The Balaban J connectivity index is 1.46. The van der Waals surface area contributed by atoms with Crippen molar-refractivity contribution in [3.63, 3.8) is 0 Å². The molecule has 2 aromatic carbocycles. The van der Waals surface area contributed by atoms with Gasteiger partial charge in [-0.3, -0.25) is 9.78 Å². The zero-order valence-corrected chi connectivity index (χ0v) is 19.7. The SMILES string of the molecule is O=C(CCN1C(=S)NC(c2ccccn2)C1c1cccn1-c1ccccc1F)Nc1ccccc1. The summed E-state index contributed by atoms with van der Waals surface area (Å²) in [5, 5.41) is 6.83. The minimum atomic E-state index is -0.318. The van der Waals surface area contributed by atoms with E-state index in [0.717, 1.165) is 17.1 Å². The summed E-state index contributed by atoms with van der Waals surface area (Å²) in [7, 11) is 0. The summed E-state index contributed by atoms with van der Waals surface area (Å²) < 4.78 is 16.6. The zero-order valence-electron chi connectivity index (χ0n) is 18.8. The number of thiocarbonyl (C=S) groups is 1. The Morgan fingerprint density at radius 1 is 1.00 bits per heavy atom. The molecular formula is C27H24FN5OS. The number of carbonyl (C=O) groups excluding carboxylic acids is 1. The van der Waals surface area contributed by atoms with Gasteiger partial charge in [-0.2, -0.15) is 0 Å². The molecule has 0 bridgehead atoms. The van der Waals surface area contributed by atoms with Crippen LogP contribution >= 0.6 is 12.2 Å². The smallest absolute Gasteiger partial charge is 0.226 e. The molecule has 176 valence electrons. The molecule has 1 amide bonds. The number of nitrogens with one attached hydrogen (secondary N) is 2. The van der Waals surface area contributed by atoms with Gasteiger partial charge in [-0.1, -0.05) is 36.4 Å². The molecule has 1 saturated heterocycles. The third kappa shape index (κ3) is 4.79. The van der Waals surface area contributed by atoms with Crippen molar-refractivity contribution >= 4 is 28.9 Å². The summed E-state index contributed by atoms with van der Waals surface area (Å²) >= 11 is 5.71. The fourth-order valence-electron chi connectivity index (χ4n) is 4.44. The molecule has 0 spiro atoms. The van der Waals surface area contributed by atoms with Crippen LogP contribution < -0.4 is 10.6 Å². The van der Waals surface area contributed by atoms with E-state index in [9.17, 15) is 9.18 Å². The van der Waals surface area contributed by atoms with E-state index in [2.05, 4.69) is 15.6 Å². The highest BCUT2D eigenvalue weighted by Gasteiger charge is 2.41. The van der Waals surface area contributed by atoms with Gasteiger partial charge in [0, 0.05) is 36.7 Å². The highest BCUT2D eigenvalue weighted by atomic mass is 32.1. The minimum Gasteiger partial charge on any atom is -0.352 e. The molecule has 4 aromatic rings. The van der Waals surface area contributed by atoms with Crippen LogP contribution in [-0.4, -0.2) is 32.0 Å². The Morgan fingerprint density at radius 2 is 1.77 bits per heavy atom. The van der Waals surface area contributed by atoms with E-state index in [1.54, 1.807) is 18.3 Å². The Bertz CT molecular complexity index is 1330. The van der Waals surface area contributed by atoms with Gasteiger partial charge in [0.05, 0.1) is 23.5 Å². The van der Waals surface area contributed by atoms with Gasteiger partial charge >= 0.3 is 0 Å². The number of nitrogens with zero attached hydrogens (tertiary/aromatic N) is 3. The molecule has 8 heteroatoms. The van der Waals surface area contributed by atoms with Crippen molar-refractivity contribution in [2.75, 3.05) is 11.9 Å². The third-order valence-electron chi connectivity index (χ3n) is 6.03. The molecule has 2 N–H and O–H groups in total. The van der Waals surface area contributed by atoms with Gasteiger partial charge in [0.25, 0.3) is 0 Å². The van der Waals surface area contributed by atoms with Crippen LogP contribution in [0.5, 0.6) is 0 Å². The number of hydrogen-bond acceptors (Lipinski definition) is 3. The minimum absolute atomic E-state index is 0.108. The molecular weight excluding hydrogens is 461 g/mol. The van der Waals surface area contributed by atoms with Crippen molar-refractivity contribution in [3.05, 3.63) is 115 Å². The number of anilines is 1. The number of hydrogen-bond donors (Lipinski definition) is 2. The molecule has 0 saturated carbocycles. The fraction of sp³-hybridized carbons (Fsp3) is 0.148. The molecule has 1 aliphatic heterocycles. The van der Waals surface area contributed by atoms with E-state index in [4.69, 9.17) is 12.2 Å². The van der Waals surface area contributed by atoms with Crippen LogP contribution in [0.15, 0.2) is 97.3 Å². The van der Waals surface area contributed by atoms with E-state index >= 15 is 0 Å². The first kappa shape index (κ1) is 22.7. The van der Waals surface area contributed by atoms with Crippen molar-refractivity contribution in [3.8, 4) is 5.69 Å². The van der Waals surface area contributed by atoms with Gasteiger partial charge in [0.15, 0.2) is 5.11 Å². The zero-order chi connectivity index (χ0) is 24.2. The van der Waals surface area contributed by atoms with Crippen LogP contribution in [0.3, 0.4) is 0 Å². The second-order valence-corrected chi connectivity index (χ2v) is 8.63. The Hall–Kier alpha value is -4.04. The average Bonchev–Trinajstić information content (AvgIpc) is 3.48. The monoisotopic (exact) mass is 485 g/mol. The van der Waals surface area contributed by atoms with Gasteiger partial charge < -0.3 is 20.1 Å². The summed E-state index contributed by atoms with van der Waals surface area (Å²) in [6, 6.07) is 25.0. The standard InChI is InChI=1S/C27H24FN5OS/c28-20-11-4-5-13-22(20)32-17-8-14-23(32)26-25(21-12-6-7-16-29-21)31-27(35)33(26)18-15-24(34)30-19-9-2-1-3-10-19/h1-14,16-17,25-26H,15,18H2,(H,30,34)(H,31,35). The van der Waals surface area contributed by atoms with Gasteiger partial charge in [-0.25, -0.2) is 4.39 Å². The molecule has 0 radical (unpaired) electrons. The first-order valence-corrected chi connectivity index (χ1v) is 11.8. The highest BCUT2D eigenvalue weighted by Crippen LogP contribution is 2.39. The molecule has 1 aliphatic rings. The second-order valence-electron chi connectivity index (χ2n) is 8.24. The van der Waals surface area contributed by atoms with Gasteiger partial charge in [0.2, 0.25) is 5.91 Å². The lowest BCUT2D eigenvalue weighted by molar-refractivity contribution is -0.116. The molecule has 35 heavy (non-hydrogen) atoms. The van der Waals surface area contributed by atoms with Crippen LogP contribution in [0.2, 0.25) is 0 Å². The van der Waals surface area contributed by atoms with Crippen LogP contribution in [0, 0.1) is 5.82 Å². The fourth-order valence-corrected chi connectivity index (χ4v) is 4.77. The van der Waals surface area contributed by atoms with E-state index in [1.807, 2.05) is 82.4 Å². The third-order valence-corrected chi connectivity index (χ3v) is 6.38. The lowest BCUT2D eigenvalue weighted by Gasteiger charge is -2.29. The summed E-state index contributed by atoms with van der Waals surface area (Å²) in [5.41, 5.74) is 2.86. The predicted molar refractivity (Wildman–Crippen MR) is 138 cm³/mol. The molecule has 5 rings (SSSR count). The summed E-state index contributed by atoms with van der Waals surface area (Å²) in [6.45, 7) is 0.390. The Kier molecular flexibility index (Phi) is 6.54. The Labute approximate surface area is 208 Å².